The molecule has 0 radical (unpaired) electrons. The Hall–Kier alpha value is -0.470. The van der Waals surface area contributed by atoms with Crippen LogP contribution in [-0.2, 0) is 6.42 Å². The summed E-state index contributed by atoms with van der Waals surface area (Å²) in [7, 11) is 2.18. The van der Waals surface area contributed by atoms with Gasteiger partial charge < -0.3 is 4.90 Å². The molecule has 2 heteroatoms. The van der Waals surface area contributed by atoms with Crippen LogP contribution < -0.4 is 0 Å². The average Bonchev–Trinajstić information content (AvgIpc) is 2.26. The number of rotatable bonds is 5. The Kier molecular flexibility index (Phi) is 5.20. The molecule has 1 rings (SSSR count). The second-order valence-electron chi connectivity index (χ2n) is 4.17. The predicted octanol–water partition coefficient (Wildman–Crippen LogP) is 3.29. The van der Waals surface area contributed by atoms with Crippen LogP contribution in [0.15, 0.2) is 29.2 Å². The maximum atomic E-state index is 2.38. The van der Waals surface area contributed by atoms with Crippen molar-refractivity contribution < 1.29 is 0 Å². The SMILES string of the molecule is CSc1ccc(CCN(C)C(C)C)cc1. The van der Waals surface area contributed by atoms with Gasteiger partial charge in [0.05, 0.1) is 0 Å². The van der Waals surface area contributed by atoms with E-state index >= 15 is 0 Å². The van der Waals surface area contributed by atoms with Gasteiger partial charge in [0.2, 0.25) is 0 Å². The zero-order valence-electron chi connectivity index (χ0n) is 10.2. The molecule has 0 N–H and O–H groups in total. The molecule has 1 nitrogen and oxygen atoms in total. The summed E-state index contributed by atoms with van der Waals surface area (Å²) in [5.41, 5.74) is 1.43. The minimum Gasteiger partial charge on any atom is -0.304 e. The van der Waals surface area contributed by atoms with E-state index in [2.05, 4.69) is 56.3 Å². The molecule has 0 amide bonds. The van der Waals surface area contributed by atoms with E-state index in [1.165, 1.54) is 10.5 Å². The molecule has 0 heterocycles. The van der Waals surface area contributed by atoms with Crippen LogP contribution in [0.5, 0.6) is 0 Å². The summed E-state index contributed by atoms with van der Waals surface area (Å²) in [4.78, 5) is 3.72. The van der Waals surface area contributed by atoms with Crippen LogP contribution in [0.2, 0.25) is 0 Å². The van der Waals surface area contributed by atoms with Crippen LogP contribution in [0, 0.1) is 0 Å². The molecule has 0 spiro atoms. The van der Waals surface area contributed by atoms with Crippen LogP contribution in [0.25, 0.3) is 0 Å². The number of nitrogens with zero attached hydrogens (tertiary/aromatic N) is 1. The molecule has 0 aromatic heterocycles. The summed E-state index contributed by atoms with van der Waals surface area (Å²) in [6, 6.07) is 9.51. The normalized spacial score (nSPS) is 11.3. The van der Waals surface area contributed by atoms with Gasteiger partial charge in [-0.1, -0.05) is 12.1 Å². The molecule has 0 aliphatic rings. The van der Waals surface area contributed by atoms with E-state index < -0.39 is 0 Å². The zero-order valence-corrected chi connectivity index (χ0v) is 11.0. The van der Waals surface area contributed by atoms with Gasteiger partial charge in [0.15, 0.2) is 0 Å². The molecule has 0 saturated heterocycles. The van der Waals surface area contributed by atoms with Gasteiger partial charge in [0.25, 0.3) is 0 Å². The first-order valence-corrected chi connectivity index (χ1v) is 6.69. The molecule has 1 aromatic rings. The smallest absolute Gasteiger partial charge is 0.00693 e. The first-order valence-electron chi connectivity index (χ1n) is 5.46. The van der Waals surface area contributed by atoms with E-state index in [4.69, 9.17) is 0 Å². The molecule has 0 aliphatic carbocycles. The number of likely N-dealkylation sites (N-methyl/N-ethyl adjacent to an activating group) is 1. The van der Waals surface area contributed by atoms with Crippen molar-refractivity contribution >= 4 is 11.8 Å². The monoisotopic (exact) mass is 223 g/mol. The maximum Gasteiger partial charge on any atom is 0.00693 e. The van der Waals surface area contributed by atoms with Gasteiger partial charge in [-0.05, 0) is 51.3 Å². The summed E-state index contributed by atoms with van der Waals surface area (Å²) in [6.45, 7) is 5.60. The van der Waals surface area contributed by atoms with Crippen LogP contribution in [0.3, 0.4) is 0 Å². The van der Waals surface area contributed by atoms with Crippen molar-refractivity contribution in [2.24, 2.45) is 0 Å². The second-order valence-corrected chi connectivity index (χ2v) is 5.05. The van der Waals surface area contributed by atoms with Crippen molar-refractivity contribution in [2.45, 2.75) is 31.2 Å². The molecule has 15 heavy (non-hydrogen) atoms. The van der Waals surface area contributed by atoms with Crippen molar-refractivity contribution in [1.82, 2.24) is 4.90 Å². The van der Waals surface area contributed by atoms with E-state index in [0.717, 1.165) is 13.0 Å². The summed E-state index contributed by atoms with van der Waals surface area (Å²) in [5.74, 6) is 0. The molecule has 0 saturated carbocycles. The summed E-state index contributed by atoms with van der Waals surface area (Å²) in [5, 5.41) is 0. The lowest BCUT2D eigenvalue weighted by Crippen LogP contribution is -2.28. The Morgan fingerprint density at radius 1 is 1.20 bits per heavy atom. The Morgan fingerprint density at radius 3 is 2.27 bits per heavy atom. The van der Waals surface area contributed by atoms with Crippen molar-refractivity contribution in [2.75, 3.05) is 19.8 Å². The Bertz CT molecular complexity index is 279. The van der Waals surface area contributed by atoms with Gasteiger partial charge in [-0.3, -0.25) is 0 Å². The van der Waals surface area contributed by atoms with Gasteiger partial charge in [0.1, 0.15) is 0 Å². The highest BCUT2D eigenvalue weighted by Gasteiger charge is 2.02. The lowest BCUT2D eigenvalue weighted by Gasteiger charge is -2.20. The maximum absolute atomic E-state index is 2.38. The molecule has 84 valence electrons. The molecule has 0 bridgehead atoms. The first kappa shape index (κ1) is 12.6. The predicted molar refractivity (Wildman–Crippen MR) is 69.7 cm³/mol. The fourth-order valence-electron chi connectivity index (χ4n) is 1.36. The van der Waals surface area contributed by atoms with E-state index in [1.54, 1.807) is 11.8 Å². The zero-order chi connectivity index (χ0) is 11.3. The minimum atomic E-state index is 0.635. The van der Waals surface area contributed by atoms with Crippen LogP contribution in [0.4, 0.5) is 0 Å². The minimum absolute atomic E-state index is 0.635. The molecule has 0 unspecified atom stereocenters. The van der Waals surface area contributed by atoms with E-state index in [9.17, 15) is 0 Å². The van der Waals surface area contributed by atoms with Gasteiger partial charge in [-0.15, -0.1) is 11.8 Å². The molecular formula is C13H21NS. The fourth-order valence-corrected chi connectivity index (χ4v) is 1.76. The highest BCUT2D eigenvalue weighted by atomic mass is 32.2. The highest BCUT2D eigenvalue weighted by molar-refractivity contribution is 7.98. The van der Waals surface area contributed by atoms with Crippen LogP contribution >= 0.6 is 11.8 Å². The van der Waals surface area contributed by atoms with Crippen LogP contribution in [-0.4, -0.2) is 30.8 Å². The highest BCUT2D eigenvalue weighted by Crippen LogP contribution is 2.15. The molecule has 0 aliphatic heterocycles. The summed E-state index contributed by atoms with van der Waals surface area (Å²) < 4.78 is 0. The third-order valence-electron chi connectivity index (χ3n) is 2.79. The molecular weight excluding hydrogens is 202 g/mol. The van der Waals surface area contributed by atoms with Crippen molar-refractivity contribution in [3.05, 3.63) is 29.8 Å². The molecule has 0 fully saturated rings. The van der Waals surface area contributed by atoms with E-state index in [1.807, 2.05) is 0 Å². The van der Waals surface area contributed by atoms with Gasteiger partial charge in [-0.25, -0.2) is 0 Å². The van der Waals surface area contributed by atoms with E-state index in [-0.39, 0.29) is 0 Å². The molecule has 1 aromatic carbocycles. The number of thioether (sulfide) groups is 1. The molecule has 0 atom stereocenters. The van der Waals surface area contributed by atoms with E-state index in [0.29, 0.717) is 6.04 Å². The van der Waals surface area contributed by atoms with Crippen molar-refractivity contribution in [3.63, 3.8) is 0 Å². The third-order valence-corrected chi connectivity index (χ3v) is 3.54. The standard InChI is InChI=1S/C13H21NS/c1-11(2)14(3)10-9-12-5-7-13(15-4)8-6-12/h5-8,11H,9-10H2,1-4H3. The second kappa shape index (κ2) is 6.19. The third kappa shape index (κ3) is 4.27. The quantitative estimate of drug-likeness (QED) is 0.705. The first-order chi connectivity index (χ1) is 7.13. The topological polar surface area (TPSA) is 3.24 Å². The van der Waals surface area contributed by atoms with Gasteiger partial charge in [-0.2, -0.15) is 0 Å². The van der Waals surface area contributed by atoms with Gasteiger partial charge >= 0.3 is 0 Å². The number of benzene rings is 1. The largest absolute Gasteiger partial charge is 0.304 e. The fraction of sp³-hybridized carbons (Fsp3) is 0.538. The Labute approximate surface area is 97.9 Å². The van der Waals surface area contributed by atoms with Crippen LogP contribution in [0.1, 0.15) is 19.4 Å². The Morgan fingerprint density at radius 2 is 1.80 bits per heavy atom. The Balaban J connectivity index is 2.44. The van der Waals surface area contributed by atoms with Crippen molar-refractivity contribution in [3.8, 4) is 0 Å². The lowest BCUT2D eigenvalue weighted by atomic mass is 10.1. The summed E-state index contributed by atoms with van der Waals surface area (Å²) >= 11 is 1.80. The lowest BCUT2D eigenvalue weighted by molar-refractivity contribution is 0.277. The van der Waals surface area contributed by atoms with Gasteiger partial charge in [0, 0.05) is 17.5 Å². The van der Waals surface area contributed by atoms with Crippen molar-refractivity contribution in [1.29, 1.82) is 0 Å². The number of hydrogen-bond acceptors (Lipinski definition) is 2. The average molecular weight is 223 g/mol. The number of hydrogen-bond donors (Lipinski definition) is 0. The summed E-state index contributed by atoms with van der Waals surface area (Å²) in [6.07, 6.45) is 3.25.